The van der Waals surface area contributed by atoms with Crippen LogP contribution in [0.2, 0.25) is 0 Å². The molecule has 0 N–H and O–H groups in total. The third-order valence-corrected chi connectivity index (χ3v) is 5.40. The molecular formula is C18H30N+. The summed E-state index contributed by atoms with van der Waals surface area (Å²) in [5.41, 5.74) is 5.55. The van der Waals surface area contributed by atoms with Gasteiger partial charge in [-0.3, -0.25) is 0 Å². The molecule has 1 heteroatoms. The maximum absolute atomic E-state index is 4.28. The van der Waals surface area contributed by atoms with E-state index in [9.17, 15) is 0 Å². The zero-order valence-corrected chi connectivity index (χ0v) is 14.0. The molecule has 0 amide bonds. The van der Waals surface area contributed by atoms with Crippen LogP contribution in [0, 0.1) is 5.41 Å². The van der Waals surface area contributed by atoms with E-state index in [1.54, 1.807) is 0 Å². The van der Waals surface area contributed by atoms with Gasteiger partial charge in [0, 0.05) is 25.0 Å². The SMILES string of the molecule is C=C(CC)C1=[N+](C)C(C)(C)C(C)(C)C(C)=C1C=CC. The fourth-order valence-electron chi connectivity index (χ4n) is 2.82. The number of hydrogen-bond acceptors (Lipinski definition) is 0. The van der Waals surface area contributed by atoms with Gasteiger partial charge >= 0.3 is 0 Å². The minimum atomic E-state index is 0.0790. The Morgan fingerprint density at radius 1 is 1.26 bits per heavy atom. The van der Waals surface area contributed by atoms with Crippen molar-refractivity contribution in [3.8, 4) is 0 Å². The molecule has 1 heterocycles. The first-order valence-corrected chi connectivity index (χ1v) is 7.26. The molecule has 0 bridgehead atoms. The second kappa shape index (κ2) is 5.11. The molecule has 0 aromatic carbocycles. The standard InChI is InChI=1S/C18H30N/c1-10-12-15-14(4)17(5,6)18(7,8)19(9)16(15)13(3)11-2/h10,12H,3,11H2,1-2,4-9H3/q+1. The van der Waals surface area contributed by atoms with Gasteiger partial charge in [-0.15, -0.1) is 0 Å². The van der Waals surface area contributed by atoms with Crippen LogP contribution in [0.5, 0.6) is 0 Å². The molecule has 0 saturated carbocycles. The number of nitrogens with zero attached hydrogens (tertiary/aromatic N) is 1. The summed E-state index contributed by atoms with van der Waals surface area (Å²) in [5.74, 6) is 0. The summed E-state index contributed by atoms with van der Waals surface area (Å²) < 4.78 is 2.42. The van der Waals surface area contributed by atoms with E-state index >= 15 is 0 Å². The largest absolute Gasteiger partial charge is 0.226 e. The summed E-state index contributed by atoms with van der Waals surface area (Å²) in [4.78, 5) is 0. The molecule has 0 radical (unpaired) electrons. The van der Waals surface area contributed by atoms with Crippen LogP contribution in [0.3, 0.4) is 0 Å². The number of allylic oxidation sites excluding steroid dienone is 4. The van der Waals surface area contributed by atoms with Gasteiger partial charge in [-0.25, -0.2) is 4.58 Å². The van der Waals surface area contributed by atoms with Crippen molar-refractivity contribution >= 4 is 5.71 Å². The van der Waals surface area contributed by atoms with Crippen molar-refractivity contribution in [2.24, 2.45) is 5.41 Å². The Kier molecular flexibility index (Phi) is 4.29. The van der Waals surface area contributed by atoms with Crippen LogP contribution < -0.4 is 0 Å². The molecule has 1 aliphatic heterocycles. The molecule has 0 aromatic rings. The van der Waals surface area contributed by atoms with Crippen molar-refractivity contribution in [3.63, 3.8) is 0 Å². The second-order valence-corrected chi connectivity index (χ2v) is 6.59. The highest BCUT2D eigenvalue weighted by molar-refractivity contribution is 6.11. The fourth-order valence-corrected chi connectivity index (χ4v) is 2.82. The van der Waals surface area contributed by atoms with E-state index in [1.165, 1.54) is 22.4 Å². The van der Waals surface area contributed by atoms with Crippen LogP contribution in [0.25, 0.3) is 0 Å². The first-order chi connectivity index (χ1) is 8.62. The molecule has 0 aromatic heterocycles. The zero-order valence-electron chi connectivity index (χ0n) is 14.0. The highest BCUT2D eigenvalue weighted by Gasteiger charge is 2.51. The Morgan fingerprint density at radius 2 is 1.79 bits per heavy atom. The second-order valence-electron chi connectivity index (χ2n) is 6.59. The van der Waals surface area contributed by atoms with Gasteiger partial charge in [-0.1, -0.05) is 25.7 Å². The lowest BCUT2D eigenvalue weighted by atomic mass is 9.65. The van der Waals surface area contributed by atoms with E-state index in [4.69, 9.17) is 0 Å². The quantitative estimate of drug-likeness (QED) is 0.644. The lowest BCUT2D eigenvalue weighted by molar-refractivity contribution is -0.593. The summed E-state index contributed by atoms with van der Waals surface area (Å²) >= 11 is 0. The minimum absolute atomic E-state index is 0.0790. The maximum Gasteiger partial charge on any atom is 0.209 e. The number of hydrogen-bond donors (Lipinski definition) is 0. The fraction of sp³-hybridized carbons (Fsp3) is 0.611. The summed E-state index contributed by atoms with van der Waals surface area (Å²) in [6, 6.07) is 0. The lowest BCUT2D eigenvalue weighted by Crippen LogP contribution is -2.54. The molecule has 19 heavy (non-hydrogen) atoms. The van der Waals surface area contributed by atoms with Crippen LogP contribution in [0.1, 0.15) is 54.9 Å². The summed E-state index contributed by atoms with van der Waals surface area (Å²) in [5, 5.41) is 0. The Morgan fingerprint density at radius 3 is 2.21 bits per heavy atom. The van der Waals surface area contributed by atoms with Crippen LogP contribution in [-0.2, 0) is 0 Å². The van der Waals surface area contributed by atoms with Gasteiger partial charge in [0.25, 0.3) is 0 Å². The van der Waals surface area contributed by atoms with Crippen LogP contribution in [-0.4, -0.2) is 22.9 Å². The molecule has 106 valence electrons. The first-order valence-electron chi connectivity index (χ1n) is 7.26. The van der Waals surface area contributed by atoms with E-state index in [2.05, 4.69) is 78.8 Å². The molecule has 0 spiro atoms. The average Bonchev–Trinajstić information content (AvgIpc) is 2.34. The van der Waals surface area contributed by atoms with Gasteiger partial charge in [-0.2, -0.15) is 0 Å². The highest BCUT2D eigenvalue weighted by atomic mass is 15.1. The lowest BCUT2D eigenvalue weighted by Gasteiger charge is -2.43. The van der Waals surface area contributed by atoms with Gasteiger partial charge in [0.15, 0.2) is 5.54 Å². The molecule has 0 saturated heterocycles. The first kappa shape index (κ1) is 15.9. The molecule has 1 aliphatic rings. The minimum Gasteiger partial charge on any atom is -0.226 e. The monoisotopic (exact) mass is 260 g/mol. The summed E-state index contributed by atoms with van der Waals surface area (Å²) in [6.07, 6.45) is 5.35. The molecule has 1 nitrogen and oxygen atoms in total. The van der Waals surface area contributed by atoms with E-state index in [0.717, 1.165) is 6.42 Å². The van der Waals surface area contributed by atoms with Gasteiger partial charge in [-0.05, 0) is 39.7 Å². The van der Waals surface area contributed by atoms with Crippen LogP contribution in [0.15, 0.2) is 35.5 Å². The van der Waals surface area contributed by atoms with E-state index in [-0.39, 0.29) is 11.0 Å². The third-order valence-electron chi connectivity index (χ3n) is 5.40. The van der Waals surface area contributed by atoms with Crippen molar-refractivity contribution in [2.75, 3.05) is 7.05 Å². The topological polar surface area (TPSA) is 3.01 Å². The van der Waals surface area contributed by atoms with E-state index in [1.807, 2.05) is 0 Å². The van der Waals surface area contributed by atoms with E-state index < -0.39 is 0 Å². The van der Waals surface area contributed by atoms with Gasteiger partial charge in [0.05, 0.1) is 5.41 Å². The Balaban J connectivity index is 3.69. The van der Waals surface area contributed by atoms with Crippen LogP contribution in [0.4, 0.5) is 0 Å². The summed E-state index contributed by atoms with van der Waals surface area (Å²) in [7, 11) is 2.20. The molecule has 0 aliphatic carbocycles. The van der Waals surface area contributed by atoms with Crippen molar-refractivity contribution in [1.29, 1.82) is 0 Å². The molecule has 0 atom stereocenters. The third kappa shape index (κ3) is 2.24. The Hall–Kier alpha value is -1.11. The molecule has 0 unspecified atom stereocenters. The smallest absolute Gasteiger partial charge is 0.209 e. The predicted molar refractivity (Wildman–Crippen MR) is 86.0 cm³/mol. The molecule has 1 rings (SSSR count). The normalized spacial score (nSPS) is 22.3. The summed E-state index contributed by atoms with van der Waals surface area (Å²) in [6.45, 7) is 20.1. The maximum atomic E-state index is 4.28. The van der Waals surface area contributed by atoms with Crippen LogP contribution >= 0.6 is 0 Å². The van der Waals surface area contributed by atoms with Crippen molar-refractivity contribution in [1.82, 2.24) is 0 Å². The molecule has 0 fully saturated rings. The zero-order chi connectivity index (χ0) is 15.0. The highest BCUT2D eigenvalue weighted by Crippen LogP contribution is 2.45. The van der Waals surface area contributed by atoms with Crippen molar-refractivity contribution in [3.05, 3.63) is 35.5 Å². The van der Waals surface area contributed by atoms with Gasteiger partial charge in [0.2, 0.25) is 5.71 Å². The predicted octanol–water partition coefficient (Wildman–Crippen LogP) is 4.75. The average molecular weight is 260 g/mol. The number of rotatable bonds is 3. The van der Waals surface area contributed by atoms with Crippen molar-refractivity contribution < 1.29 is 4.58 Å². The van der Waals surface area contributed by atoms with E-state index in [0.29, 0.717) is 0 Å². The van der Waals surface area contributed by atoms with Gasteiger partial charge in [0.1, 0.15) is 7.05 Å². The Bertz CT molecular complexity index is 482. The molecular weight excluding hydrogens is 230 g/mol. The van der Waals surface area contributed by atoms with Gasteiger partial charge < -0.3 is 0 Å². The Labute approximate surface area is 119 Å². The van der Waals surface area contributed by atoms with Crippen molar-refractivity contribution in [2.45, 2.75) is 60.4 Å².